The molecule has 1 amide bonds. The van der Waals surface area contributed by atoms with Gasteiger partial charge < -0.3 is 4.57 Å². The van der Waals surface area contributed by atoms with E-state index in [2.05, 4.69) is 20.5 Å². The first kappa shape index (κ1) is 14.1. The molecule has 0 unspecified atom stereocenters. The third-order valence-electron chi connectivity index (χ3n) is 3.85. The summed E-state index contributed by atoms with van der Waals surface area (Å²) in [5, 5.41) is 10.1. The molecule has 0 aliphatic heterocycles. The molecule has 0 aliphatic rings. The number of carbonyl (C=O) groups is 1. The van der Waals surface area contributed by atoms with Crippen LogP contribution in [-0.4, -0.2) is 25.7 Å². The van der Waals surface area contributed by atoms with E-state index < -0.39 is 0 Å². The Kier molecular flexibility index (Phi) is 3.31. The van der Waals surface area contributed by atoms with Crippen molar-refractivity contribution in [3.8, 4) is 0 Å². The number of nitrogens with one attached hydrogen (secondary N) is 2. The summed E-state index contributed by atoms with van der Waals surface area (Å²) in [4.78, 5) is 28.9. The Morgan fingerprint density at radius 1 is 1.04 bits per heavy atom. The van der Waals surface area contributed by atoms with Crippen LogP contribution >= 0.6 is 0 Å². The maximum Gasteiger partial charge on any atom is 0.246 e. The molecule has 0 bridgehead atoms. The summed E-state index contributed by atoms with van der Waals surface area (Å²) in [5.41, 5.74) is 1.40. The molecule has 4 rings (SSSR count). The molecule has 2 N–H and O–H groups in total. The first-order valence-electron chi connectivity index (χ1n) is 7.39. The third-order valence-corrected chi connectivity index (χ3v) is 3.85. The minimum Gasteiger partial charge on any atom is -0.331 e. The lowest BCUT2D eigenvalue weighted by Crippen LogP contribution is -2.22. The molecule has 0 fully saturated rings. The number of nitrogens with zero attached hydrogens (tertiary/aromatic N) is 3. The molecule has 0 saturated carbocycles. The van der Waals surface area contributed by atoms with Gasteiger partial charge in [-0.05, 0) is 24.3 Å². The van der Waals surface area contributed by atoms with Crippen LogP contribution in [0, 0.1) is 0 Å². The van der Waals surface area contributed by atoms with Gasteiger partial charge in [0.15, 0.2) is 5.43 Å². The van der Waals surface area contributed by atoms with Gasteiger partial charge in [-0.15, -0.1) is 0 Å². The van der Waals surface area contributed by atoms with Crippen molar-refractivity contribution in [1.82, 2.24) is 19.7 Å². The van der Waals surface area contributed by atoms with Crippen LogP contribution in [0.25, 0.3) is 21.8 Å². The SMILES string of the molecule is O=C(Cn1c2ccccc2c(=O)c2ccccc21)Nc1ncn[nH]1. The summed E-state index contributed by atoms with van der Waals surface area (Å²) in [6.07, 6.45) is 1.32. The lowest BCUT2D eigenvalue weighted by molar-refractivity contribution is -0.116. The van der Waals surface area contributed by atoms with E-state index in [-0.39, 0.29) is 23.8 Å². The summed E-state index contributed by atoms with van der Waals surface area (Å²) in [5.74, 6) is 0.0281. The number of benzene rings is 2. The molecule has 2 aromatic carbocycles. The molecule has 0 spiro atoms. The molecule has 0 aliphatic carbocycles. The predicted molar refractivity (Wildman–Crippen MR) is 90.7 cm³/mol. The molecule has 0 saturated heterocycles. The molecule has 118 valence electrons. The maximum absolute atomic E-state index is 12.6. The highest BCUT2D eigenvalue weighted by Gasteiger charge is 2.13. The number of carbonyl (C=O) groups excluding carboxylic acids is 1. The van der Waals surface area contributed by atoms with Crippen molar-refractivity contribution in [3.63, 3.8) is 0 Å². The van der Waals surface area contributed by atoms with Gasteiger partial charge in [0.05, 0.1) is 11.0 Å². The van der Waals surface area contributed by atoms with Crippen LogP contribution < -0.4 is 10.7 Å². The van der Waals surface area contributed by atoms with Crippen LogP contribution in [0.4, 0.5) is 5.95 Å². The lowest BCUT2D eigenvalue weighted by Gasteiger charge is -2.14. The first-order valence-corrected chi connectivity index (χ1v) is 7.39. The number of aromatic nitrogens is 4. The fourth-order valence-corrected chi connectivity index (χ4v) is 2.83. The molecular weight excluding hydrogens is 306 g/mol. The monoisotopic (exact) mass is 319 g/mol. The molecule has 2 aromatic heterocycles. The summed E-state index contributed by atoms with van der Waals surface area (Å²) >= 11 is 0. The topological polar surface area (TPSA) is 92.7 Å². The lowest BCUT2D eigenvalue weighted by atomic mass is 10.1. The van der Waals surface area contributed by atoms with Gasteiger partial charge in [-0.25, -0.2) is 5.10 Å². The van der Waals surface area contributed by atoms with Crippen molar-refractivity contribution < 1.29 is 4.79 Å². The van der Waals surface area contributed by atoms with Crippen molar-refractivity contribution in [3.05, 3.63) is 65.1 Å². The van der Waals surface area contributed by atoms with E-state index in [9.17, 15) is 9.59 Å². The second-order valence-corrected chi connectivity index (χ2v) is 5.33. The first-order chi connectivity index (χ1) is 11.7. The molecule has 7 heteroatoms. The number of hydrogen-bond acceptors (Lipinski definition) is 4. The van der Waals surface area contributed by atoms with Crippen LogP contribution in [-0.2, 0) is 11.3 Å². The third kappa shape index (κ3) is 2.32. The minimum atomic E-state index is -0.259. The smallest absolute Gasteiger partial charge is 0.246 e. The van der Waals surface area contributed by atoms with Gasteiger partial charge in [0.25, 0.3) is 0 Å². The number of fused-ring (bicyclic) bond motifs is 2. The largest absolute Gasteiger partial charge is 0.331 e. The zero-order valence-electron chi connectivity index (χ0n) is 12.6. The van der Waals surface area contributed by atoms with E-state index in [1.807, 2.05) is 41.0 Å². The Morgan fingerprint density at radius 3 is 2.25 bits per heavy atom. The molecule has 24 heavy (non-hydrogen) atoms. The predicted octanol–water partition coefficient (Wildman–Crippen LogP) is 1.91. The Labute approximate surface area is 136 Å². The zero-order chi connectivity index (χ0) is 16.5. The quantitative estimate of drug-likeness (QED) is 0.564. The number of rotatable bonds is 3. The maximum atomic E-state index is 12.6. The van der Waals surface area contributed by atoms with Crippen molar-refractivity contribution in [2.24, 2.45) is 0 Å². The number of para-hydroxylation sites is 2. The van der Waals surface area contributed by atoms with Gasteiger partial charge in [0, 0.05) is 10.8 Å². The number of anilines is 1. The Morgan fingerprint density at radius 2 is 1.67 bits per heavy atom. The Bertz CT molecular complexity index is 1040. The summed E-state index contributed by atoms with van der Waals surface area (Å²) < 4.78 is 1.83. The van der Waals surface area contributed by atoms with Crippen LogP contribution in [0.15, 0.2) is 59.7 Å². The minimum absolute atomic E-state index is 0.0342. The van der Waals surface area contributed by atoms with Gasteiger partial charge >= 0.3 is 0 Å². The number of pyridine rings is 1. The standard InChI is InChI=1S/C17H13N5O2/c23-15(20-17-18-10-19-21-17)9-22-13-7-3-1-5-11(13)16(24)12-6-2-4-8-14(12)22/h1-8,10H,9H2,(H2,18,19,20,21,23). The van der Waals surface area contributed by atoms with Gasteiger partial charge in [-0.2, -0.15) is 10.1 Å². The normalized spacial score (nSPS) is 11.0. The average Bonchev–Trinajstić information content (AvgIpc) is 3.11. The molecule has 7 nitrogen and oxygen atoms in total. The highest BCUT2D eigenvalue weighted by atomic mass is 16.2. The van der Waals surface area contributed by atoms with Gasteiger partial charge in [-0.3, -0.25) is 14.9 Å². The second-order valence-electron chi connectivity index (χ2n) is 5.33. The molecule has 4 aromatic rings. The summed E-state index contributed by atoms with van der Waals surface area (Å²) in [6.45, 7) is 0.0575. The van der Waals surface area contributed by atoms with E-state index in [0.29, 0.717) is 21.8 Å². The van der Waals surface area contributed by atoms with Gasteiger partial charge in [-0.1, -0.05) is 24.3 Å². The average molecular weight is 319 g/mol. The van der Waals surface area contributed by atoms with Crippen LogP contribution in [0.2, 0.25) is 0 Å². The van der Waals surface area contributed by atoms with Crippen LogP contribution in [0.3, 0.4) is 0 Å². The van der Waals surface area contributed by atoms with E-state index in [4.69, 9.17) is 0 Å². The van der Waals surface area contributed by atoms with Gasteiger partial charge in [0.1, 0.15) is 12.9 Å². The highest BCUT2D eigenvalue weighted by Crippen LogP contribution is 2.19. The number of amides is 1. The van der Waals surface area contributed by atoms with E-state index in [1.54, 1.807) is 12.1 Å². The summed E-state index contributed by atoms with van der Waals surface area (Å²) in [6, 6.07) is 14.6. The second kappa shape index (κ2) is 5.62. The van der Waals surface area contributed by atoms with E-state index in [0.717, 1.165) is 0 Å². The number of hydrogen-bond donors (Lipinski definition) is 2. The van der Waals surface area contributed by atoms with Gasteiger partial charge in [0.2, 0.25) is 11.9 Å². The molecule has 0 atom stereocenters. The van der Waals surface area contributed by atoms with Crippen molar-refractivity contribution in [2.75, 3.05) is 5.32 Å². The summed E-state index contributed by atoms with van der Waals surface area (Å²) in [7, 11) is 0. The van der Waals surface area contributed by atoms with Crippen molar-refractivity contribution in [1.29, 1.82) is 0 Å². The Balaban J connectivity index is 1.87. The fourth-order valence-electron chi connectivity index (χ4n) is 2.83. The van der Waals surface area contributed by atoms with Crippen LogP contribution in [0.5, 0.6) is 0 Å². The zero-order valence-corrected chi connectivity index (χ0v) is 12.6. The van der Waals surface area contributed by atoms with Crippen molar-refractivity contribution in [2.45, 2.75) is 6.54 Å². The molecular formula is C17H13N5O2. The van der Waals surface area contributed by atoms with Crippen LogP contribution in [0.1, 0.15) is 0 Å². The fraction of sp³-hybridized carbons (Fsp3) is 0.0588. The number of aromatic amines is 1. The Hall–Kier alpha value is -3.48. The van der Waals surface area contributed by atoms with Crippen molar-refractivity contribution >= 4 is 33.7 Å². The van der Waals surface area contributed by atoms with E-state index >= 15 is 0 Å². The molecule has 2 heterocycles. The van der Waals surface area contributed by atoms with E-state index in [1.165, 1.54) is 6.33 Å². The highest BCUT2D eigenvalue weighted by molar-refractivity contribution is 5.96. The molecule has 0 radical (unpaired) electrons. The number of H-pyrrole nitrogens is 1.